The minimum absolute atomic E-state index is 0.279. The van der Waals surface area contributed by atoms with E-state index in [-0.39, 0.29) is 5.54 Å². The number of likely N-dealkylation sites (N-methyl/N-ethyl adjacent to an activating group) is 1. The maximum absolute atomic E-state index is 6.16. The predicted molar refractivity (Wildman–Crippen MR) is 76.2 cm³/mol. The van der Waals surface area contributed by atoms with Crippen molar-refractivity contribution in [3.63, 3.8) is 0 Å². The van der Waals surface area contributed by atoms with Crippen LogP contribution in [0.25, 0.3) is 0 Å². The highest BCUT2D eigenvalue weighted by molar-refractivity contribution is 4.94. The Labute approximate surface area is 108 Å². The summed E-state index contributed by atoms with van der Waals surface area (Å²) in [6.07, 6.45) is 9.15. The second-order valence-electron chi connectivity index (χ2n) is 6.05. The van der Waals surface area contributed by atoms with Crippen LogP contribution in [0.1, 0.15) is 65.7 Å². The highest BCUT2D eigenvalue weighted by Crippen LogP contribution is 2.35. The van der Waals surface area contributed by atoms with E-state index < -0.39 is 0 Å². The van der Waals surface area contributed by atoms with Gasteiger partial charge in [0, 0.05) is 18.1 Å². The van der Waals surface area contributed by atoms with E-state index in [1.54, 1.807) is 0 Å². The van der Waals surface area contributed by atoms with Gasteiger partial charge in [0.25, 0.3) is 0 Å². The molecule has 0 aromatic carbocycles. The number of rotatable bonds is 5. The third kappa shape index (κ3) is 3.45. The Morgan fingerprint density at radius 2 is 1.88 bits per heavy atom. The van der Waals surface area contributed by atoms with Crippen molar-refractivity contribution in [1.82, 2.24) is 4.90 Å². The standard InChI is InChI=1S/C15H32N2/c1-5-14(6-2)17(4)15(12-16)10-7-8-13(3)9-11-15/h13-14H,5-12,16H2,1-4H3. The Morgan fingerprint density at radius 1 is 1.24 bits per heavy atom. The van der Waals surface area contributed by atoms with Crippen LogP contribution in [0.3, 0.4) is 0 Å². The molecule has 1 saturated carbocycles. The molecule has 2 nitrogen and oxygen atoms in total. The molecule has 1 rings (SSSR count). The average molecular weight is 240 g/mol. The Kier molecular flexibility index (Phi) is 5.94. The predicted octanol–water partition coefficient (Wildman–Crippen LogP) is 3.40. The molecule has 0 aromatic heterocycles. The zero-order chi connectivity index (χ0) is 12.9. The minimum Gasteiger partial charge on any atom is -0.329 e. The van der Waals surface area contributed by atoms with Gasteiger partial charge in [-0.2, -0.15) is 0 Å². The number of hydrogen-bond acceptors (Lipinski definition) is 2. The van der Waals surface area contributed by atoms with E-state index in [4.69, 9.17) is 5.73 Å². The van der Waals surface area contributed by atoms with E-state index in [2.05, 4.69) is 32.7 Å². The summed E-state index contributed by atoms with van der Waals surface area (Å²) >= 11 is 0. The lowest BCUT2D eigenvalue weighted by Crippen LogP contribution is -2.55. The third-order valence-corrected chi connectivity index (χ3v) is 5.06. The molecular formula is C15H32N2. The summed E-state index contributed by atoms with van der Waals surface area (Å²) in [6, 6.07) is 0.701. The van der Waals surface area contributed by atoms with Crippen LogP contribution in [0.2, 0.25) is 0 Å². The van der Waals surface area contributed by atoms with Crippen molar-refractivity contribution in [2.45, 2.75) is 77.3 Å². The van der Waals surface area contributed by atoms with E-state index in [9.17, 15) is 0 Å². The number of nitrogens with two attached hydrogens (primary N) is 1. The van der Waals surface area contributed by atoms with Crippen LogP contribution in [0.15, 0.2) is 0 Å². The first-order valence-electron chi connectivity index (χ1n) is 7.52. The highest BCUT2D eigenvalue weighted by atomic mass is 15.2. The fraction of sp³-hybridized carbons (Fsp3) is 1.00. The van der Waals surface area contributed by atoms with E-state index in [0.29, 0.717) is 6.04 Å². The second-order valence-corrected chi connectivity index (χ2v) is 6.05. The van der Waals surface area contributed by atoms with Gasteiger partial charge in [-0.1, -0.05) is 33.6 Å². The summed E-state index contributed by atoms with van der Waals surface area (Å²) in [6.45, 7) is 7.82. The van der Waals surface area contributed by atoms with Gasteiger partial charge in [0.05, 0.1) is 0 Å². The molecule has 0 amide bonds. The summed E-state index contributed by atoms with van der Waals surface area (Å²) in [5.41, 5.74) is 6.44. The molecular weight excluding hydrogens is 208 g/mol. The first-order chi connectivity index (χ1) is 8.09. The molecule has 2 unspecified atom stereocenters. The van der Waals surface area contributed by atoms with E-state index >= 15 is 0 Å². The van der Waals surface area contributed by atoms with Gasteiger partial charge in [-0.15, -0.1) is 0 Å². The summed E-state index contributed by atoms with van der Waals surface area (Å²) in [5.74, 6) is 0.888. The first kappa shape index (κ1) is 15.0. The van der Waals surface area contributed by atoms with Crippen LogP contribution in [-0.2, 0) is 0 Å². The quantitative estimate of drug-likeness (QED) is 0.746. The van der Waals surface area contributed by atoms with Crippen molar-refractivity contribution >= 4 is 0 Å². The number of nitrogens with zero attached hydrogens (tertiary/aromatic N) is 1. The Balaban J connectivity index is 2.78. The molecule has 0 radical (unpaired) electrons. The van der Waals surface area contributed by atoms with Gasteiger partial charge in [0.1, 0.15) is 0 Å². The Hall–Kier alpha value is -0.0800. The lowest BCUT2D eigenvalue weighted by atomic mass is 9.86. The van der Waals surface area contributed by atoms with Gasteiger partial charge < -0.3 is 5.73 Å². The number of hydrogen-bond donors (Lipinski definition) is 1. The lowest BCUT2D eigenvalue weighted by molar-refractivity contribution is 0.0575. The molecule has 1 aliphatic rings. The van der Waals surface area contributed by atoms with Gasteiger partial charge >= 0.3 is 0 Å². The van der Waals surface area contributed by atoms with Crippen LogP contribution < -0.4 is 5.73 Å². The minimum atomic E-state index is 0.279. The van der Waals surface area contributed by atoms with Crippen LogP contribution in [0, 0.1) is 5.92 Å². The molecule has 0 aromatic rings. The molecule has 2 heteroatoms. The molecule has 0 aliphatic heterocycles. The lowest BCUT2D eigenvalue weighted by Gasteiger charge is -2.45. The molecule has 0 spiro atoms. The zero-order valence-corrected chi connectivity index (χ0v) is 12.3. The van der Waals surface area contributed by atoms with Crippen LogP contribution in [0.4, 0.5) is 0 Å². The fourth-order valence-corrected chi connectivity index (χ4v) is 3.49. The van der Waals surface area contributed by atoms with Crippen molar-refractivity contribution in [3.05, 3.63) is 0 Å². The molecule has 0 bridgehead atoms. The molecule has 0 heterocycles. The molecule has 1 aliphatic carbocycles. The third-order valence-electron chi connectivity index (χ3n) is 5.06. The zero-order valence-electron chi connectivity index (χ0n) is 12.3. The van der Waals surface area contributed by atoms with Crippen LogP contribution >= 0.6 is 0 Å². The fourth-order valence-electron chi connectivity index (χ4n) is 3.49. The van der Waals surface area contributed by atoms with Crippen molar-refractivity contribution in [2.75, 3.05) is 13.6 Å². The topological polar surface area (TPSA) is 29.3 Å². The second kappa shape index (κ2) is 6.75. The molecule has 1 fully saturated rings. The largest absolute Gasteiger partial charge is 0.329 e. The van der Waals surface area contributed by atoms with E-state index in [0.717, 1.165) is 12.5 Å². The monoisotopic (exact) mass is 240 g/mol. The Bertz CT molecular complexity index is 213. The maximum Gasteiger partial charge on any atom is 0.0331 e. The van der Waals surface area contributed by atoms with E-state index in [1.165, 1.54) is 44.9 Å². The van der Waals surface area contributed by atoms with Gasteiger partial charge in [-0.05, 0) is 45.1 Å². The van der Waals surface area contributed by atoms with Crippen molar-refractivity contribution < 1.29 is 0 Å². The average Bonchev–Trinajstić information content (AvgIpc) is 2.53. The van der Waals surface area contributed by atoms with Crippen molar-refractivity contribution in [2.24, 2.45) is 11.7 Å². The van der Waals surface area contributed by atoms with E-state index in [1.807, 2.05) is 0 Å². The molecule has 2 atom stereocenters. The van der Waals surface area contributed by atoms with Crippen molar-refractivity contribution in [1.29, 1.82) is 0 Å². The maximum atomic E-state index is 6.16. The molecule has 0 saturated heterocycles. The first-order valence-corrected chi connectivity index (χ1v) is 7.52. The summed E-state index contributed by atoms with van der Waals surface area (Å²) < 4.78 is 0. The highest BCUT2D eigenvalue weighted by Gasteiger charge is 2.37. The SMILES string of the molecule is CCC(CC)N(C)C1(CN)CCCC(C)CC1. The summed E-state index contributed by atoms with van der Waals surface area (Å²) in [7, 11) is 2.31. The molecule has 102 valence electrons. The van der Waals surface area contributed by atoms with Crippen molar-refractivity contribution in [3.8, 4) is 0 Å². The molecule has 17 heavy (non-hydrogen) atoms. The van der Waals surface area contributed by atoms with Gasteiger partial charge in [0.2, 0.25) is 0 Å². The van der Waals surface area contributed by atoms with Gasteiger partial charge in [0.15, 0.2) is 0 Å². The normalized spacial score (nSPS) is 30.9. The van der Waals surface area contributed by atoms with Gasteiger partial charge in [-0.3, -0.25) is 4.90 Å². The molecule has 2 N–H and O–H groups in total. The van der Waals surface area contributed by atoms with Crippen LogP contribution in [0.5, 0.6) is 0 Å². The Morgan fingerprint density at radius 3 is 2.41 bits per heavy atom. The van der Waals surface area contributed by atoms with Gasteiger partial charge in [-0.25, -0.2) is 0 Å². The smallest absolute Gasteiger partial charge is 0.0331 e. The van der Waals surface area contributed by atoms with Crippen LogP contribution in [-0.4, -0.2) is 30.1 Å². The summed E-state index contributed by atoms with van der Waals surface area (Å²) in [4.78, 5) is 2.62. The summed E-state index contributed by atoms with van der Waals surface area (Å²) in [5, 5.41) is 0.